The minimum Gasteiger partial charge on any atom is -0.493 e. The van der Waals surface area contributed by atoms with Gasteiger partial charge in [-0.05, 0) is 50.5 Å². The molecular weight excluding hydrogens is 264 g/mol. The summed E-state index contributed by atoms with van der Waals surface area (Å²) in [6.45, 7) is 7.87. The van der Waals surface area contributed by atoms with Crippen molar-refractivity contribution in [3.05, 3.63) is 17.7 Å². The van der Waals surface area contributed by atoms with Gasteiger partial charge < -0.3 is 20.1 Å². The third-order valence-electron chi connectivity index (χ3n) is 3.84. The SMILES string of the molecule is CCCCN(CC)CCCc1cc(OC)c(OC)cc1N. The van der Waals surface area contributed by atoms with Crippen molar-refractivity contribution in [3.63, 3.8) is 0 Å². The highest BCUT2D eigenvalue weighted by atomic mass is 16.5. The van der Waals surface area contributed by atoms with E-state index in [1.807, 2.05) is 12.1 Å². The first-order valence-corrected chi connectivity index (χ1v) is 7.88. The van der Waals surface area contributed by atoms with Gasteiger partial charge in [0.05, 0.1) is 14.2 Å². The van der Waals surface area contributed by atoms with E-state index in [0.29, 0.717) is 5.75 Å². The van der Waals surface area contributed by atoms with Gasteiger partial charge in [-0.2, -0.15) is 0 Å². The maximum Gasteiger partial charge on any atom is 0.162 e. The molecule has 120 valence electrons. The van der Waals surface area contributed by atoms with Crippen LogP contribution in [-0.2, 0) is 6.42 Å². The summed E-state index contributed by atoms with van der Waals surface area (Å²) in [5, 5.41) is 0. The lowest BCUT2D eigenvalue weighted by Gasteiger charge is -2.20. The molecule has 1 aromatic rings. The lowest BCUT2D eigenvalue weighted by molar-refractivity contribution is 0.280. The molecule has 0 atom stereocenters. The van der Waals surface area contributed by atoms with Gasteiger partial charge in [0.25, 0.3) is 0 Å². The summed E-state index contributed by atoms with van der Waals surface area (Å²) in [6, 6.07) is 3.85. The lowest BCUT2D eigenvalue weighted by atomic mass is 10.1. The molecule has 0 aliphatic heterocycles. The first-order chi connectivity index (χ1) is 10.2. The standard InChI is InChI=1S/C17H30N2O2/c1-5-7-10-19(6-2)11-8-9-14-12-16(20-3)17(21-4)13-15(14)18/h12-13H,5-11,18H2,1-4H3. The maximum atomic E-state index is 6.10. The minimum absolute atomic E-state index is 0.692. The number of aryl methyl sites for hydroxylation is 1. The fourth-order valence-electron chi connectivity index (χ4n) is 2.46. The van der Waals surface area contributed by atoms with Crippen LogP contribution < -0.4 is 15.2 Å². The average Bonchev–Trinajstić information content (AvgIpc) is 2.51. The van der Waals surface area contributed by atoms with Crippen LogP contribution in [0.3, 0.4) is 0 Å². The molecule has 0 aromatic heterocycles. The third kappa shape index (κ3) is 5.46. The number of rotatable bonds is 10. The zero-order chi connectivity index (χ0) is 15.7. The minimum atomic E-state index is 0.692. The molecule has 0 aliphatic carbocycles. The van der Waals surface area contributed by atoms with E-state index in [0.717, 1.165) is 42.9 Å². The molecule has 0 bridgehead atoms. The lowest BCUT2D eigenvalue weighted by Crippen LogP contribution is -2.26. The molecule has 1 rings (SSSR count). The van der Waals surface area contributed by atoms with Gasteiger partial charge in [0.2, 0.25) is 0 Å². The van der Waals surface area contributed by atoms with Crippen molar-refractivity contribution >= 4 is 5.69 Å². The normalized spacial score (nSPS) is 10.9. The second kappa shape index (κ2) is 9.50. The molecule has 0 saturated heterocycles. The van der Waals surface area contributed by atoms with Crippen molar-refractivity contribution in [2.75, 3.05) is 39.6 Å². The predicted molar refractivity (Wildman–Crippen MR) is 89.3 cm³/mol. The van der Waals surface area contributed by atoms with E-state index < -0.39 is 0 Å². The Labute approximate surface area is 129 Å². The predicted octanol–water partition coefficient (Wildman–Crippen LogP) is 3.34. The highest BCUT2D eigenvalue weighted by Crippen LogP contribution is 2.32. The third-order valence-corrected chi connectivity index (χ3v) is 3.84. The molecule has 0 fully saturated rings. The molecule has 4 heteroatoms. The monoisotopic (exact) mass is 294 g/mol. The van der Waals surface area contributed by atoms with Crippen LogP contribution >= 0.6 is 0 Å². The summed E-state index contributed by atoms with van der Waals surface area (Å²) in [5.41, 5.74) is 8.02. The van der Waals surface area contributed by atoms with E-state index in [1.54, 1.807) is 14.2 Å². The Bertz CT molecular complexity index is 421. The quantitative estimate of drug-likeness (QED) is 0.672. The van der Waals surface area contributed by atoms with Crippen LogP contribution in [-0.4, -0.2) is 38.8 Å². The number of methoxy groups -OCH3 is 2. The van der Waals surface area contributed by atoms with Gasteiger partial charge in [-0.1, -0.05) is 20.3 Å². The highest BCUT2D eigenvalue weighted by molar-refractivity contribution is 5.58. The molecule has 0 heterocycles. The van der Waals surface area contributed by atoms with Crippen molar-refractivity contribution in [1.82, 2.24) is 4.90 Å². The summed E-state index contributed by atoms with van der Waals surface area (Å²) in [6.07, 6.45) is 4.59. The largest absolute Gasteiger partial charge is 0.493 e. The number of nitrogen functional groups attached to an aromatic ring is 1. The molecule has 1 aromatic carbocycles. The molecule has 4 nitrogen and oxygen atoms in total. The van der Waals surface area contributed by atoms with Gasteiger partial charge in [-0.15, -0.1) is 0 Å². The van der Waals surface area contributed by atoms with Gasteiger partial charge in [0.1, 0.15) is 0 Å². The number of nitrogens with zero attached hydrogens (tertiary/aromatic N) is 1. The Balaban J connectivity index is 2.58. The Kier molecular flexibility index (Phi) is 7.98. The average molecular weight is 294 g/mol. The van der Waals surface area contributed by atoms with Crippen LogP contribution in [0, 0.1) is 0 Å². The van der Waals surface area contributed by atoms with Gasteiger partial charge in [0.15, 0.2) is 11.5 Å². The molecule has 21 heavy (non-hydrogen) atoms. The number of hydrogen-bond acceptors (Lipinski definition) is 4. The number of anilines is 1. The second-order valence-corrected chi connectivity index (χ2v) is 5.30. The van der Waals surface area contributed by atoms with Crippen LogP contribution in [0.25, 0.3) is 0 Å². The number of nitrogens with two attached hydrogens (primary N) is 1. The van der Waals surface area contributed by atoms with Crippen molar-refractivity contribution in [2.24, 2.45) is 0 Å². The van der Waals surface area contributed by atoms with E-state index in [4.69, 9.17) is 15.2 Å². The molecule has 0 radical (unpaired) electrons. The number of benzene rings is 1. The first-order valence-electron chi connectivity index (χ1n) is 7.88. The smallest absolute Gasteiger partial charge is 0.162 e. The molecular formula is C17H30N2O2. The first kappa shape index (κ1) is 17.6. The summed E-state index contributed by atoms with van der Waals surface area (Å²) < 4.78 is 10.6. The van der Waals surface area contributed by atoms with Crippen LogP contribution in [0.4, 0.5) is 5.69 Å². The van der Waals surface area contributed by atoms with Crippen molar-refractivity contribution < 1.29 is 9.47 Å². The Morgan fingerprint density at radius 3 is 2.19 bits per heavy atom. The van der Waals surface area contributed by atoms with Gasteiger partial charge in [-0.3, -0.25) is 0 Å². The van der Waals surface area contributed by atoms with E-state index >= 15 is 0 Å². The van der Waals surface area contributed by atoms with Gasteiger partial charge in [0, 0.05) is 11.8 Å². The van der Waals surface area contributed by atoms with Crippen molar-refractivity contribution in [1.29, 1.82) is 0 Å². The molecule has 0 amide bonds. The Morgan fingerprint density at radius 1 is 1.00 bits per heavy atom. The van der Waals surface area contributed by atoms with Crippen molar-refractivity contribution in [2.45, 2.75) is 39.5 Å². The fourth-order valence-corrected chi connectivity index (χ4v) is 2.46. The number of ether oxygens (including phenoxy) is 2. The Hall–Kier alpha value is -1.42. The van der Waals surface area contributed by atoms with E-state index in [-0.39, 0.29) is 0 Å². The molecule has 0 unspecified atom stereocenters. The topological polar surface area (TPSA) is 47.7 Å². The van der Waals surface area contributed by atoms with Crippen molar-refractivity contribution in [3.8, 4) is 11.5 Å². The summed E-state index contributed by atoms with van der Waals surface area (Å²) in [4.78, 5) is 2.50. The number of unbranched alkanes of at least 4 members (excludes halogenated alkanes) is 1. The maximum absolute atomic E-state index is 6.10. The summed E-state index contributed by atoms with van der Waals surface area (Å²) in [5.74, 6) is 1.44. The second-order valence-electron chi connectivity index (χ2n) is 5.30. The molecule has 0 aliphatic rings. The zero-order valence-electron chi connectivity index (χ0n) is 13.9. The fraction of sp³-hybridized carbons (Fsp3) is 0.647. The molecule has 0 saturated carbocycles. The Morgan fingerprint density at radius 2 is 1.62 bits per heavy atom. The van der Waals surface area contributed by atoms with Crippen LogP contribution in [0.2, 0.25) is 0 Å². The van der Waals surface area contributed by atoms with Gasteiger partial charge in [-0.25, -0.2) is 0 Å². The zero-order valence-corrected chi connectivity index (χ0v) is 13.9. The van der Waals surface area contributed by atoms with Gasteiger partial charge >= 0.3 is 0 Å². The molecule has 2 N–H and O–H groups in total. The van der Waals surface area contributed by atoms with Crippen LogP contribution in [0.15, 0.2) is 12.1 Å². The van der Waals surface area contributed by atoms with E-state index in [2.05, 4.69) is 18.7 Å². The number of hydrogen-bond donors (Lipinski definition) is 1. The van der Waals surface area contributed by atoms with Crippen LogP contribution in [0.1, 0.15) is 38.7 Å². The van der Waals surface area contributed by atoms with E-state index in [9.17, 15) is 0 Å². The van der Waals surface area contributed by atoms with Crippen LogP contribution in [0.5, 0.6) is 11.5 Å². The highest BCUT2D eigenvalue weighted by Gasteiger charge is 2.09. The summed E-state index contributed by atoms with van der Waals surface area (Å²) >= 11 is 0. The molecule has 0 spiro atoms. The van der Waals surface area contributed by atoms with E-state index in [1.165, 1.54) is 19.4 Å². The summed E-state index contributed by atoms with van der Waals surface area (Å²) in [7, 11) is 3.28.